The molecule has 0 bridgehead atoms. The standard InChI is InChI=1S/C12H14FNO2/c1-14-9(5-6-11(15)16)7-8-3-2-4-10(13)12(8)14/h2-4,9H,5-7H2,1H3,(H,15,16). The molecule has 0 radical (unpaired) electrons. The maximum absolute atomic E-state index is 13.6. The lowest BCUT2D eigenvalue weighted by Crippen LogP contribution is -2.28. The Morgan fingerprint density at radius 2 is 2.38 bits per heavy atom. The molecule has 3 nitrogen and oxygen atoms in total. The fraction of sp³-hybridized carbons (Fsp3) is 0.417. The topological polar surface area (TPSA) is 40.5 Å². The van der Waals surface area contributed by atoms with E-state index in [1.54, 1.807) is 6.07 Å². The Morgan fingerprint density at radius 1 is 1.62 bits per heavy atom. The van der Waals surface area contributed by atoms with Gasteiger partial charge in [-0.05, 0) is 24.5 Å². The summed E-state index contributed by atoms with van der Waals surface area (Å²) in [7, 11) is 1.82. The van der Waals surface area contributed by atoms with Crippen LogP contribution >= 0.6 is 0 Å². The van der Waals surface area contributed by atoms with Crippen molar-refractivity contribution in [2.45, 2.75) is 25.3 Å². The Morgan fingerprint density at radius 3 is 3.00 bits per heavy atom. The van der Waals surface area contributed by atoms with E-state index >= 15 is 0 Å². The molecule has 86 valence electrons. The number of aliphatic carboxylic acids is 1. The predicted octanol–water partition coefficient (Wildman–Crippen LogP) is 2.05. The van der Waals surface area contributed by atoms with Gasteiger partial charge in [-0.1, -0.05) is 12.1 Å². The number of para-hydroxylation sites is 1. The first kappa shape index (κ1) is 10.9. The summed E-state index contributed by atoms with van der Waals surface area (Å²) in [5, 5.41) is 8.64. The largest absolute Gasteiger partial charge is 0.481 e. The molecule has 16 heavy (non-hydrogen) atoms. The highest BCUT2D eigenvalue weighted by Crippen LogP contribution is 2.34. The molecular formula is C12H14FNO2. The molecule has 0 spiro atoms. The van der Waals surface area contributed by atoms with E-state index in [1.807, 2.05) is 18.0 Å². The summed E-state index contributed by atoms with van der Waals surface area (Å²) in [5.74, 6) is -1.03. The van der Waals surface area contributed by atoms with E-state index in [0.717, 1.165) is 12.0 Å². The molecule has 2 rings (SSSR count). The highest BCUT2D eigenvalue weighted by molar-refractivity contribution is 5.67. The number of hydrogen-bond acceptors (Lipinski definition) is 2. The molecule has 0 aliphatic carbocycles. The van der Waals surface area contributed by atoms with Gasteiger partial charge in [-0.2, -0.15) is 0 Å². The third-order valence-electron chi connectivity index (χ3n) is 3.12. The minimum atomic E-state index is -0.801. The van der Waals surface area contributed by atoms with Gasteiger partial charge in [0.2, 0.25) is 0 Å². The van der Waals surface area contributed by atoms with Crippen molar-refractivity contribution in [3.8, 4) is 0 Å². The van der Waals surface area contributed by atoms with E-state index in [2.05, 4.69) is 0 Å². The monoisotopic (exact) mass is 223 g/mol. The molecule has 1 heterocycles. The van der Waals surface area contributed by atoms with Crippen LogP contribution in [0.5, 0.6) is 0 Å². The molecular weight excluding hydrogens is 209 g/mol. The summed E-state index contributed by atoms with van der Waals surface area (Å²) in [5.41, 5.74) is 1.59. The van der Waals surface area contributed by atoms with Crippen LogP contribution in [0.15, 0.2) is 18.2 Å². The van der Waals surface area contributed by atoms with Crippen LogP contribution in [0.25, 0.3) is 0 Å². The van der Waals surface area contributed by atoms with Crippen LogP contribution in [0, 0.1) is 5.82 Å². The van der Waals surface area contributed by atoms with Crippen LogP contribution < -0.4 is 4.90 Å². The van der Waals surface area contributed by atoms with Crippen LogP contribution in [-0.2, 0) is 11.2 Å². The van der Waals surface area contributed by atoms with Gasteiger partial charge < -0.3 is 10.0 Å². The molecule has 0 amide bonds. The SMILES string of the molecule is CN1c2c(F)cccc2CC1CCC(=O)O. The van der Waals surface area contributed by atoms with Gasteiger partial charge in [0, 0.05) is 19.5 Å². The van der Waals surface area contributed by atoms with Crippen LogP contribution in [0.4, 0.5) is 10.1 Å². The van der Waals surface area contributed by atoms with E-state index in [4.69, 9.17) is 5.11 Å². The number of halogens is 1. The predicted molar refractivity (Wildman–Crippen MR) is 59.2 cm³/mol. The minimum Gasteiger partial charge on any atom is -0.481 e. The number of rotatable bonds is 3. The van der Waals surface area contributed by atoms with Gasteiger partial charge in [0.05, 0.1) is 5.69 Å². The number of benzene rings is 1. The van der Waals surface area contributed by atoms with Crippen molar-refractivity contribution in [2.75, 3.05) is 11.9 Å². The Kier molecular flexibility index (Phi) is 2.81. The average molecular weight is 223 g/mol. The van der Waals surface area contributed by atoms with E-state index < -0.39 is 5.97 Å². The maximum Gasteiger partial charge on any atom is 0.303 e. The van der Waals surface area contributed by atoms with Crippen molar-refractivity contribution in [1.82, 2.24) is 0 Å². The summed E-state index contributed by atoms with van der Waals surface area (Å²) in [6.45, 7) is 0. The van der Waals surface area contributed by atoms with Crippen LogP contribution in [0.2, 0.25) is 0 Å². The van der Waals surface area contributed by atoms with Gasteiger partial charge in [0.15, 0.2) is 0 Å². The number of carboxylic acid groups (broad SMARTS) is 1. The van der Waals surface area contributed by atoms with Gasteiger partial charge >= 0.3 is 5.97 Å². The summed E-state index contributed by atoms with van der Waals surface area (Å²) >= 11 is 0. The van der Waals surface area contributed by atoms with E-state index in [0.29, 0.717) is 12.1 Å². The highest BCUT2D eigenvalue weighted by atomic mass is 19.1. The number of carboxylic acids is 1. The first-order valence-corrected chi connectivity index (χ1v) is 5.31. The second kappa shape index (κ2) is 4.12. The lowest BCUT2D eigenvalue weighted by atomic mass is 10.1. The van der Waals surface area contributed by atoms with Gasteiger partial charge in [0.1, 0.15) is 5.82 Å². The number of nitrogens with zero attached hydrogens (tertiary/aromatic N) is 1. The average Bonchev–Trinajstić information content (AvgIpc) is 2.54. The molecule has 1 unspecified atom stereocenters. The normalized spacial score (nSPS) is 18.6. The zero-order chi connectivity index (χ0) is 11.7. The third kappa shape index (κ3) is 1.87. The summed E-state index contributed by atoms with van der Waals surface area (Å²) in [4.78, 5) is 12.4. The van der Waals surface area contributed by atoms with E-state index in [9.17, 15) is 9.18 Å². The van der Waals surface area contributed by atoms with Gasteiger partial charge in [-0.25, -0.2) is 4.39 Å². The van der Waals surface area contributed by atoms with Crippen LogP contribution in [0.1, 0.15) is 18.4 Å². The first-order valence-electron chi connectivity index (χ1n) is 5.31. The number of fused-ring (bicyclic) bond motifs is 1. The molecule has 4 heteroatoms. The molecule has 1 aliphatic rings. The molecule has 0 saturated heterocycles. The molecule has 1 atom stereocenters. The van der Waals surface area contributed by atoms with Crippen molar-refractivity contribution in [1.29, 1.82) is 0 Å². The molecule has 1 aromatic rings. The quantitative estimate of drug-likeness (QED) is 0.852. The second-order valence-corrected chi connectivity index (χ2v) is 4.15. The van der Waals surface area contributed by atoms with Crippen molar-refractivity contribution < 1.29 is 14.3 Å². The van der Waals surface area contributed by atoms with Crippen molar-refractivity contribution in [2.24, 2.45) is 0 Å². The third-order valence-corrected chi connectivity index (χ3v) is 3.12. The first-order chi connectivity index (χ1) is 7.59. The fourth-order valence-electron chi connectivity index (χ4n) is 2.28. The Balaban J connectivity index is 2.15. The molecule has 1 N–H and O–H groups in total. The molecule has 0 aromatic heterocycles. The van der Waals surface area contributed by atoms with E-state index in [-0.39, 0.29) is 18.3 Å². The van der Waals surface area contributed by atoms with Gasteiger partial charge in [-0.15, -0.1) is 0 Å². The molecule has 0 fully saturated rings. The Labute approximate surface area is 93.5 Å². The maximum atomic E-state index is 13.6. The minimum absolute atomic E-state index is 0.1000. The van der Waals surface area contributed by atoms with Crippen LogP contribution in [0.3, 0.4) is 0 Å². The van der Waals surface area contributed by atoms with Gasteiger partial charge in [0.25, 0.3) is 0 Å². The zero-order valence-electron chi connectivity index (χ0n) is 9.11. The number of anilines is 1. The molecule has 1 aromatic carbocycles. The zero-order valence-corrected chi connectivity index (χ0v) is 9.11. The second-order valence-electron chi connectivity index (χ2n) is 4.15. The smallest absolute Gasteiger partial charge is 0.303 e. The molecule has 0 saturated carbocycles. The lowest BCUT2D eigenvalue weighted by Gasteiger charge is -2.22. The van der Waals surface area contributed by atoms with Gasteiger partial charge in [-0.3, -0.25) is 4.79 Å². The highest BCUT2D eigenvalue weighted by Gasteiger charge is 2.28. The number of carbonyl (C=O) groups is 1. The molecule has 1 aliphatic heterocycles. The van der Waals surface area contributed by atoms with E-state index in [1.165, 1.54) is 6.07 Å². The summed E-state index contributed by atoms with van der Waals surface area (Å²) in [6.07, 6.45) is 1.42. The van der Waals surface area contributed by atoms with Crippen molar-refractivity contribution in [3.63, 3.8) is 0 Å². The fourth-order valence-corrected chi connectivity index (χ4v) is 2.28. The summed E-state index contributed by atoms with van der Waals surface area (Å²) in [6, 6.07) is 5.13. The Hall–Kier alpha value is -1.58. The number of hydrogen-bond donors (Lipinski definition) is 1. The summed E-state index contributed by atoms with van der Waals surface area (Å²) < 4.78 is 13.6. The number of likely N-dealkylation sites (N-methyl/N-ethyl adjacent to an activating group) is 1. The lowest BCUT2D eigenvalue weighted by molar-refractivity contribution is -0.137. The Bertz CT molecular complexity index is 419. The van der Waals surface area contributed by atoms with Crippen molar-refractivity contribution >= 4 is 11.7 Å². The van der Waals surface area contributed by atoms with Crippen LogP contribution in [-0.4, -0.2) is 24.2 Å². The van der Waals surface area contributed by atoms with Crippen molar-refractivity contribution in [3.05, 3.63) is 29.6 Å².